The zero-order valence-electron chi connectivity index (χ0n) is 45.7. The third kappa shape index (κ3) is 53.0. The van der Waals surface area contributed by atoms with Crippen molar-refractivity contribution < 1.29 is 32.9 Å². The molecule has 0 spiro atoms. The van der Waals surface area contributed by atoms with Crippen molar-refractivity contribution in [2.75, 3.05) is 40.9 Å². The molecule has 0 aliphatic carbocycles. The van der Waals surface area contributed by atoms with Crippen LogP contribution < -0.4 is 5.32 Å². The van der Waals surface area contributed by atoms with Crippen LogP contribution in [0.25, 0.3) is 0 Å². The molecular weight excluding hydrogens is 888 g/mol. The summed E-state index contributed by atoms with van der Waals surface area (Å²) >= 11 is 0. The molecule has 0 aliphatic heterocycles. The molecule has 0 fully saturated rings. The maximum absolute atomic E-state index is 12.9. The molecule has 70 heavy (non-hydrogen) atoms. The highest BCUT2D eigenvalue weighted by molar-refractivity contribution is 7.47. The SMILES string of the molecule is CC/C=C\C/C=C\C/C=C\C/C=C\C/C=C\C/C=C\C/C=C\C/C=C\C/C=C\CCCCCCCCCCCC(=O)NC(COP(=O)(O)OCC[N+](C)(C)C)C(O)CCCCCCCCCCCCC. The molecule has 3 atom stereocenters. The van der Waals surface area contributed by atoms with Crippen LogP contribution in [-0.2, 0) is 18.4 Å². The van der Waals surface area contributed by atoms with Crippen molar-refractivity contribution in [3.63, 3.8) is 0 Å². The number of hydrogen-bond acceptors (Lipinski definition) is 5. The number of nitrogens with one attached hydrogen (secondary N) is 1. The van der Waals surface area contributed by atoms with Gasteiger partial charge in [-0.15, -0.1) is 0 Å². The van der Waals surface area contributed by atoms with Crippen molar-refractivity contribution in [3.05, 3.63) is 109 Å². The first-order valence-electron chi connectivity index (χ1n) is 28.3. The number of aliphatic hydroxyl groups excluding tert-OH is 1. The summed E-state index contributed by atoms with van der Waals surface area (Å²) in [7, 11) is 1.60. The van der Waals surface area contributed by atoms with Gasteiger partial charge in [-0.1, -0.05) is 239 Å². The Balaban J connectivity index is 4.08. The molecule has 0 aromatic rings. The Morgan fingerprint density at radius 1 is 0.500 bits per heavy atom. The number of hydrogen-bond donors (Lipinski definition) is 3. The van der Waals surface area contributed by atoms with Gasteiger partial charge in [0.25, 0.3) is 0 Å². The van der Waals surface area contributed by atoms with Crippen LogP contribution in [0.1, 0.15) is 219 Å². The number of allylic oxidation sites excluding steroid dienone is 18. The van der Waals surface area contributed by atoms with E-state index in [0.717, 1.165) is 103 Å². The average molecular weight is 997 g/mol. The van der Waals surface area contributed by atoms with Crippen LogP contribution >= 0.6 is 7.82 Å². The Hall–Kier alpha value is -2.84. The molecule has 0 aromatic heterocycles. The predicted octanol–water partition coefficient (Wildman–Crippen LogP) is 17.2. The Morgan fingerprint density at radius 3 is 1.26 bits per heavy atom. The summed E-state index contributed by atoms with van der Waals surface area (Å²) in [4.78, 5) is 23.2. The van der Waals surface area contributed by atoms with Crippen LogP contribution in [0.2, 0.25) is 0 Å². The second-order valence-electron chi connectivity index (χ2n) is 19.9. The Morgan fingerprint density at radius 2 is 0.857 bits per heavy atom. The lowest BCUT2D eigenvalue weighted by Gasteiger charge is -2.26. The van der Waals surface area contributed by atoms with Gasteiger partial charge in [-0.05, 0) is 83.5 Å². The minimum atomic E-state index is -4.32. The molecule has 0 saturated carbocycles. The molecule has 0 radical (unpaired) electrons. The molecular formula is C61H108N2O6P+. The number of aliphatic hydroxyl groups is 1. The van der Waals surface area contributed by atoms with E-state index in [1.807, 2.05) is 21.1 Å². The molecule has 0 aliphatic rings. The number of rotatable bonds is 50. The van der Waals surface area contributed by atoms with Gasteiger partial charge in [0.15, 0.2) is 0 Å². The molecule has 0 heterocycles. The van der Waals surface area contributed by atoms with Gasteiger partial charge in [0, 0.05) is 6.42 Å². The van der Waals surface area contributed by atoms with Crippen molar-refractivity contribution in [2.24, 2.45) is 0 Å². The van der Waals surface area contributed by atoms with E-state index >= 15 is 0 Å². The highest BCUT2D eigenvalue weighted by Gasteiger charge is 2.28. The molecule has 0 saturated heterocycles. The fraction of sp³-hybridized carbons (Fsp3) is 0.689. The second-order valence-corrected chi connectivity index (χ2v) is 21.4. The molecule has 3 unspecified atom stereocenters. The number of likely N-dealkylation sites (N-methyl/N-ethyl adjacent to an activating group) is 1. The summed E-state index contributed by atoms with van der Waals surface area (Å²) in [5.74, 6) is -0.157. The van der Waals surface area contributed by atoms with Gasteiger partial charge in [0.2, 0.25) is 5.91 Å². The van der Waals surface area contributed by atoms with Crippen LogP contribution in [0, 0.1) is 0 Å². The zero-order valence-corrected chi connectivity index (χ0v) is 46.6. The molecule has 0 bridgehead atoms. The van der Waals surface area contributed by atoms with E-state index in [0.29, 0.717) is 23.9 Å². The Kier molecular flexibility index (Phi) is 49.0. The Bertz CT molecular complexity index is 1500. The number of phosphoric ester groups is 1. The molecule has 3 N–H and O–H groups in total. The topological polar surface area (TPSA) is 105 Å². The number of quaternary nitrogens is 1. The van der Waals surface area contributed by atoms with Crippen molar-refractivity contribution >= 4 is 13.7 Å². The van der Waals surface area contributed by atoms with Gasteiger partial charge < -0.3 is 19.8 Å². The fourth-order valence-corrected chi connectivity index (χ4v) is 8.36. The minimum Gasteiger partial charge on any atom is -0.391 e. The zero-order chi connectivity index (χ0) is 51.3. The van der Waals surface area contributed by atoms with E-state index in [2.05, 4.69) is 129 Å². The first-order valence-corrected chi connectivity index (χ1v) is 29.7. The first kappa shape index (κ1) is 67.2. The van der Waals surface area contributed by atoms with Crippen molar-refractivity contribution in [3.8, 4) is 0 Å². The lowest BCUT2D eigenvalue weighted by molar-refractivity contribution is -0.870. The van der Waals surface area contributed by atoms with Crippen LogP contribution in [0.15, 0.2) is 109 Å². The molecule has 0 rings (SSSR count). The normalized spacial score (nSPS) is 14.8. The predicted molar refractivity (Wildman–Crippen MR) is 304 cm³/mol. The quantitative estimate of drug-likeness (QED) is 0.0243. The summed E-state index contributed by atoms with van der Waals surface area (Å²) < 4.78 is 23.7. The molecule has 0 aromatic carbocycles. The van der Waals surface area contributed by atoms with Crippen LogP contribution in [-0.4, -0.2) is 73.4 Å². The summed E-state index contributed by atoms with van der Waals surface area (Å²) in [6.07, 6.45) is 74.3. The maximum Gasteiger partial charge on any atom is 0.472 e. The van der Waals surface area contributed by atoms with E-state index in [1.165, 1.54) is 89.9 Å². The largest absolute Gasteiger partial charge is 0.472 e. The van der Waals surface area contributed by atoms with Gasteiger partial charge in [-0.2, -0.15) is 0 Å². The van der Waals surface area contributed by atoms with Crippen LogP contribution in [0.4, 0.5) is 0 Å². The summed E-state index contributed by atoms with van der Waals surface area (Å²) in [5, 5.41) is 14.0. The number of nitrogens with zero attached hydrogens (tertiary/aromatic N) is 1. The van der Waals surface area contributed by atoms with Gasteiger partial charge in [-0.3, -0.25) is 13.8 Å². The molecule has 402 valence electrons. The highest BCUT2D eigenvalue weighted by Crippen LogP contribution is 2.43. The second kappa shape index (κ2) is 51.1. The standard InChI is InChI=1S/C61H107N2O6P/c1-6-8-10-12-14-16-18-19-20-21-22-23-24-25-26-27-28-29-30-31-32-33-34-35-36-37-38-39-40-41-42-43-45-47-49-51-53-55-61(65)62-59(58-69-70(66,67)68-57-56-63(3,4)5)60(64)54-52-50-48-46-44-17-15-13-11-9-7-2/h8,10,14,16,19-20,22-23,25-26,28-29,31-32,34-35,37-38,59-60,64H,6-7,9,11-13,15,17-18,21,24,27,30,33,36,39-58H2,1-5H3,(H-,62,65,66,67)/p+1/b10-8-,16-14-,20-19-,23-22-,26-25-,29-28-,32-31-,35-34-,38-37-. The van der Waals surface area contributed by atoms with E-state index in [1.54, 1.807) is 0 Å². The van der Waals surface area contributed by atoms with Crippen molar-refractivity contribution in [1.29, 1.82) is 0 Å². The third-order valence-electron chi connectivity index (χ3n) is 12.0. The number of amides is 1. The van der Waals surface area contributed by atoms with E-state index in [9.17, 15) is 19.4 Å². The molecule has 9 heteroatoms. The van der Waals surface area contributed by atoms with Gasteiger partial charge in [0.05, 0.1) is 39.9 Å². The van der Waals surface area contributed by atoms with E-state index in [-0.39, 0.29) is 19.1 Å². The van der Waals surface area contributed by atoms with Crippen molar-refractivity contribution in [2.45, 2.75) is 231 Å². The van der Waals surface area contributed by atoms with Gasteiger partial charge in [-0.25, -0.2) is 4.57 Å². The third-order valence-corrected chi connectivity index (χ3v) is 13.0. The van der Waals surface area contributed by atoms with E-state index < -0.39 is 20.0 Å². The number of phosphoric acid groups is 1. The lowest BCUT2D eigenvalue weighted by Crippen LogP contribution is -2.46. The van der Waals surface area contributed by atoms with Crippen LogP contribution in [0.5, 0.6) is 0 Å². The smallest absolute Gasteiger partial charge is 0.391 e. The highest BCUT2D eigenvalue weighted by atomic mass is 31.2. The lowest BCUT2D eigenvalue weighted by atomic mass is 10.0. The number of carbonyl (C=O) groups is 1. The Labute approximate surface area is 431 Å². The average Bonchev–Trinajstić information content (AvgIpc) is 3.32. The number of carbonyl (C=O) groups excluding carboxylic acids is 1. The summed E-state index contributed by atoms with van der Waals surface area (Å²) in [6, 6.07) is -0.769. The minimum absolute atomic E-state index is 0.0685. The fourth-order valence-electron chi connectivity index (χ4n) is 7.63. The molecule has 8 nitrogen and oxygen atoms in total. The monoisotopic (exact) mass is 996 g/mol. The summed E-state index contributed by atoms with van der Waals surface area (Å²) in [5.41, 5.74) is 0. The van der Waals surface area contributed by atoms with Gasteiger partial charge >= 0.3 is 7.82 Å². The summed E-state index contributed by atoms with van der Waals surface area (Å²) in [6.45, 7) is 4.74. The number of unbranched alkanes of at least 4 members (excludes halogenated alkanes) is 19. The molecule has 1 amide bonds. The maximum atomic E-state index is 12.9. The van der Waals surface area contributed by atoms with Crippen molar-refractivity contribution in [1.82, 2.24) is 5.32 Å². The first-order chi connectivity index (χ1) is 34.0. The van der Waals surface area contributed by atoms with E-state index in [4.69, 9.17) is 9.05 Å². The van der Waals surface area contributed by atoms with Crippen LogP contribution in [0.3, 0.4) is 0 Å². The van der Waals surface area contributed by atoms with Gasteiger partial charge in [0.1, 0.15) is 13.2 Å².